The lowest BCUT2D eigenvalue weighted by atomic mass is 9.86. The third-order valence-electron chi connectivity index (χ3n) is 4.45. The summed E-state index contributed by atoms with van der Waals surface area (Å²) < 4.78 is 0. The third-order valence-corrected chi connectivity index (χ3v) is 4.45. The molecule has 0 spiro atoms. The van der Waals surface area contributed by atoms with Gasteiger partial charge < -0.3 is 0 Å². The van der Waals surface area contributed by atoms with E-state index in [1.165, 1.54) is 0 Å². The van der Waals surface area contributed by atoms with Gasteiger partial charge >= 0.3 is 0 Å². The molecule has 0 saturated heterocycles. The molecule has 2 rings (SSSR count). The van der Waals surface area contributed by atoms with E-state index in [1.54, 1.807) is 0 Å². The number of rotatable bonds is 6. The molecule has 22 heavy (non-hydrogen) atoms. The Labute approximate surface area is 134 Å². The fraction of sp³-hybridized carbons (Fsp3) is 0.381. The van der Waals surface area contributed by atoms with E-state index in [1.807, 2.05) is 0 Å². The van der Waals surface area contributed by atoms with Crippen LogP contribution in [0.5, 0.6) is 0 Å². The summed E-state index contributed by atoms with van der Waals surface area (Å²) in [7, 11) is 0. The van der Waals surface area contributed by atoms with Crippen LogP contribution in [0.3, 0.4) is 0 Å². The second kappa shape index (κ2) is 7.40. The number of aryl methyl sites for hydroxylation is 4. The molecule has 0 aromatic heterocycles. The van der Waals surface area contributed by atoms with Gasteiger partial charge in [0.25, 0.3) is 0 Å². The normalized spacial score (nSPS) is 10.7. The zero-order valence-electron chi connectivity index (χ0n) is 14.2. The van der Waals surface area contributed by atoms with E-state index in [-0.39, 0.29) is 5.78 Å². The molecular formula is C21H26O. The Morgan fingerprint density at radius 3 is 1.14 bits per heavy atom. The minimum absolute atomic E-state index is 0.212. The first kappa shape index (κ1) is 16.5. The third kappa shape index (κ3) is 2.99. The summed E-state index contributed by atoms with van der Waals surface area (Å²) in [5.74, 6) is 0.212. The molecule has 0 radical (unpaired) electrons. The zero-order chi connectivity index (χ0) is 16.1. The first-order valence-corrected chi connectivity index (χ1v) is 8.43. The maximum Gasteiger partial charge on any atom is 0.194 e. The Hall–Kier alpha value is -1.89. The highest BCUT2D eigenvalue weighted by Crippen LogP contribution is 2.25. The van der Waals surface area contributed by atoms with E-state index in [0.29, 0.717) is 0 Å². The van der Waals surface area contributed by atoms with Crippen LogP contribution in [-0.4, -0.2) is 5.78 Å². The highest BCUT2D eigenvalue weighted by Gasteiger charge is 2.21. The van der Waals surface area contributed by atoms with Crippen LogP contribution in [0.1, 0.15) is 65.9 Å². The molecule has 0 aliphatic rings. The first-order valence-electron chi connectivity index (χ1n) is 8.43. The predicted molar refractivity (Wildman–Crippen MR) is 93.8 cm³/mol. The van der Waals surface area contributed by atoms with Crippen LogP contribution in [0.15, 0.2) is 36.4 Å². The smallest absolute Gasteiger partial charge is 0.194 e. The van der Waals surface area contributed by atoms with Crippen LogP contribution in [0.2, 0.25) is 0 Å². The van der Waals surface area contributed by atoms with Crippen LogP contribution in [0.4, 0.5) is 0 Å². The van der Waals surface area contributed by atoms with Crippen LogP contribution in [-0.2, 0) is 25.7 Å². The quantitative estimate of drug-likeness (QED) is 0.672. The maximum atomic E-state index is 13.4. The lowest BCUT2D eigenvalue weighted by molar-refractivity contribution is 0.103. The number of carbonyl (C=O) groups excluding carboxylic acids is 1. The number of hydrogen-bond acceptors (Lipinski definition) is 1. The standard InChI is InChI=1S/C21H26O/c1-5-15-11-9-12-16(6-2)19(15)21(22)20-17(7-3)13-10-14-18(20)8-4/h9-14H,5-8H2,1-4H3. The van der Waals surface area contributed by atoms with Gasteiger partial charge in [0.1, 0.15) is 0 Å². The van der Waals surface area contributed by atoms with Gasteiger partial charge in [-0.3, -0.25) is 4.79 Å². The largest absolute Gasteiger partial charge is 0.289 e. The van der Waals surface area contributed by atoms with Gasteiger partial charge in [0.15, 0.2) is 5.78 Å². The molecule has 1 nitrogen and oxygen atoms in total. The highest BCUT2D eigenvalue weighted by molar-refractivity contribution is 6.12. The molecule has 116 valence electrons. The Morgan fingerprint density at radius 1 is 0.636 bits per heavy atom. The summed E-state index contributed by atoms with van der Waals surface area (Å²) in [5.41, 5.74) is 6.52. The van der Waals surface area contributed by atoms with Crippen molar-refractivity contribution >= 4 is 5.78 Å². The maximum absolute atomic E-state index is 13.4. The Kier molecular flexibility index (Phi) is 5.54. The van der Waals surface area contributed by atoms with E-state index in [9.17, 15) is 4.79 Å². The van der Waals surface area contributed by atoms with Crippen molar-refractivity contribution in [1.29, 1.82) is 0 Å². The highest BCUT2D eigenvalue weighted by atomic mass is 16.1. The summed E-state index contributed by atoms with van der Waals surface area (Å²) >= 11 is 0. The van der Waals surface area contributed by atoms with Crippen LogP contribution in [0, 0.1) is 0 Å². The van der Waals surface area contributed by atoms with Crippen LogP contribution >= 0.6 is 0 Å². The number of benzene rings is 2. The molecular weight excluding hydrogens is 268 g/mol. The van der Waals surface area contributed by atoms with E-state index in [2.05, 4.69) is 64.1 Å². The molecule has 0 N–H and O–H groups in total. The van der Waals surface area contributed by atoms with E-state index in [4.69, 9.17) is 0 Å². The second-order valence-corrected chi connectivity index (χ2v) is 5.65. The fourth-order valence-electron chi connectivity index (χ4n) is 3.19. The van der Waals surface area contributed by atoms with Gasteiger partial charge in [-0.2, -0.15) is 0 Å². The molecule has 1 heteroatoms. The molecule has 0 amide bonds. The van der Waals surface area contributed by atoms with Gasteiger partial charge in [-0.05, 0) is 47.9 Å². The van der Waals surface area contributed by atoms with Crippen molar-refractivity contribution in [2.24, 2.45) is 0 Å². The van der Waals surface area contributed by atoms with Gasteiger partial charge in [-0.15, -0.1) is 0 Å². The molecule has 0 atom stereocenters. The van der Waals surface area contributed by atoms with Crippen LogP contribution in [0.25, 0.3) is 0 Å². The second-order valence-electron chi connectivity index (χ2n) is 5.65. The van der Waals surface area contributed by atoms with Crippen LogP contribution < -0.4 is 0 Å². The van der Waals surface area contributed by atoms with Crippen molar-refractivity contribution < 1.29 is 4.79 Å². The van der Waals surface area contributed by atoms with Crippen molar-refractivity contribution in [3.8, 4) is 0 Å². The summed E-state index contributed by atoms with van der Waals surface area (Å²) in [6, 6.07) is 12.5. The average molecular weight is 294 g/mol. The SMILES string of the molecule is CCc1cccc(CC)c1C(=O)c1c(CC)cccc1CC. The summed E-state index contributed by atoms with van der Waals surface area (Å²) in [4.78, 5) is 13.4. The Morgan fingerprint density at radius 2 is 0.909 bits per heavy atom. The van der Waals surface area contributed by atoms with Gasteiger partial charge in [-0.25, -0.2) is 0 Å². The summed E-state index contributed by atoms with van der Waals surface area (Å²) in [6.07, 6.45) is 3.57. The lowest BCUT2D eigenvalue weighted by Crippen LogP contribution is -2.13. The molecule has 2 aromatic rings. The molecule has 2 aromatic carbocycles. The number of carbonyl (C=O) groups is 1. The molecule has 0 unspecified atom stereocenters. The lowest BCUT2D eigenvalue weighted by Gasteiger charge is -2.16. The average Bonchev–Trinajstić information content (AvgIpc) is 2.59. The zero-order valence-corrected chi connectivity index (χ0v) is 14.2. The fourth-order valence-corrected chi connectivity index (χ4v) is 3.19. The van der Waals surface area contributed by atoms with Gasteiger partial charge in [0.2, 0.25) is 0 Å². The topological polar surface area (TPSA) is 17.1 Å². The van der Waals surface area contributed by atoms with Crippen molar-refractivity contribution in [3.05, 3.63) is 69.8 Å². The van der Waals surface area contributed by atoms with Crippen molar-refractivity contribution in [2.75, 3.05) is 0 Å². The molecule has 0 heterocycles. The molecule has 0 aliphatic heterocycles. The Bertz CT molecular complexity index is 566. The Balaban J connectivity index is 2.68. The van der Waals surface area contributed by atoms with E-state index in [0.717, 1.165) is 59.1 Å². The number of hydrogen-bond donors (Lipinski definition) is 0. The summed E-state index contributed by atoms with van der Waals surface area (Å²) in [6.45, 7) is 8.49. The van der Waals surface area contributed by atoms with Crippen molar-refractivity contribution in [2.45, 2.75) is 53.4 Å². The van der Waals surface area contributed by atoms with E-state index >= 15 is 0 Å². The molecule has 0 aliphatic carbocycles. The van der Waals surface area contributed by atoms with Crippen molar-refractivity contribution in [1.82, 2.24) is 0 Å². The summed E-state index contributed by atoms with van der Waals surface area (Å²) in [5, 5.41) is 0. The minimum Gasteiger partial charge on any atom is -0.289 e. The van der Waals surface area contributed by atoms with Gasteiger partial charge in [0.05, 0.1) is 0 Å². The van der Waals surface area contributed by atoms with Gasteiger partial charge in [-0.1, -0.05) is 64.1 Å². The minimum atomic E-state index is 0.212. The predicted octanol–water partition coefficient (Wildman–Crippen LogP) is 5.17. The van der Waals surface area contributed by atoms with Gasteiger partial charge in [0, 0.05) is 11.1 Å². The van der Waals surface area contributed by atoms with Crippen molar-refractivity contribution in [3.63, 3.8) is 0 Å². The van der Waals surface area contributed by atoms with E-state index < -0.39 is 0 Å². The molecule has 0 saturated carbocycles. The number of ketones is 1. The monoisotopic (exact) mass is 294 g/mol. The first-order chi connectivity index (χ1) is 10.7. The molecule has 0 bridgehead atoms. The molecule has 0 fully saturated rings.